The Morgan fingerprint density at radius 1 is 1.03 bits per heavy atom. The van der Waals surface area contributed by atoms with Crippen LogP contribution in [0.4, 0.5) is 10.5 Å². The van der Waals surface area contributed by atoms with Crippen molar-refractivity contribution in [1.29, 1.82) is 0 Å². The van der Waals surface area contributed by atoms with Gasteiger partial charge in [-0.3, -0.25) is 4.79 Å². The van der Waals surface area contributed by atoms with Gasteiger partial charge in [0, 0.05) is 42.7 Å². The molecule has 33 heavy (non-hydrogen) atoms. The van der Waals surface area contributed by atoms with E-state index in [4.69, 9.17) is 16.3 Å². The van der Waals surface area contributed by atoms with Crippen LogP contribution in [0.1, 0.15) is 23.7 Å². The van der Waals surface area contributed by atoms with Gasteiger partial charge in [0.05, 0.1) is 22.8 Å². The van der Waals surface area contributed by atoms with Crippen LogP contribution in [0.15, 0.2) is 53.7 Å². The normalized spacial score (nSPS) is 13.8. The Morgan fingerprint density at radius 2 is 1.73 bits per heavy atom. The number of fused-ring (bicyclic) bond motifs is 1. The largest absolute Gasteiger partial charge is 0.449 e. The number of nitrogens with zero attached hydrogens (tertiary/aromatic N) is 4. The Morgan fingerprint density at radius 3 is 2.39 bits per heavy atom. The van der Waals surface area contributed by atoms with Crippen molar-refractivity contribution in [3.63, 3.8) is 0 Å². The van der Waals surface area contributed by atoms with Crippen molar-refractivity contribution in [1.82, 2.24) is 14.8 Å². The molecule has 2 aromatic carbocycles. The van der Waals surface area contributed by atoms with Gasteiger partial charge >= 0.3 is 6.09 Å². The Balaban J connectivity index is 1.53. The molecule has 3 aromatic rings. The van der Waals surface area contributed by atoms with E-state index in [0.717, 1.165) is 17.4 Å². The molecule has 0 N–H and O–H groups in total. The Labute approximate surface area is 196 Å². The van der Waals surface area contributed by atoms with Crippen molar-refractivity contribution in [3.8, 4) is 11.3 Å². The molecule has 8 nitrogen and oxygen atoms in total. The number of halogens is 1. The number of nitroso groups, excluding NO2 is 1. The van der Waals surface area contributed by atoms with Crippen molar-refractivity contribution >= 4 is 40.2 Å². The van der Waals surface area contributed by atoms with Gasteiger partial charge in [-0.15, -0.1) is 4.91 Å². The number of hydrogen-bond donors (Lipinski definition) is 0. The van der Waals surface area contributed by atoms with E-state index in [1.807, 2.05) is 6.92 Å². The second kappa shape index (κ2) is 9.95. The van der Waals surface area contributed by atoms with Gasteiger partial charge in [-0.1, -0.05) is 36.7 Å². The maximum Gasteiger partial charge on any atom is 0.409 e. The van der Waals surface area contributed by atoms with Gasteiger partial charge in [0.1, 0.15) is 5.69 Å². The number of hydrogen-bond acceptors (Lipinski definition) is 6. The number of carbonyl (C=O) groups is 2. The second-order valence-electron chi connectivity index (χ2n) is 7.75. The average Bonchev–Trinajstić information content (AvgIpc) is 2.86. The van der Waals surface area contributed by atoms with Crippen molar-refractivity contribution in [2.45, 2.75) is 13.3 Å². The first-order chi connectivity index (χ1) is 16.0. The molecule has 1 aromatic heterocycles. The van der Waals surface area contributed by atoms with Gasteiger partial charge in [-0.2, -0.15) is 0 Å². The first kappa shape index (κ1) is 22.7. The maximum atomic E-state index is 13.1. The van der Waals surface area contributed by atoms with E-state index in [9.17, 15) is 14.5 Å². The molecule has 2 heterocycles. The maximum absolute atomic E-state index is 13.1. The van der Waals surface area contributed by atoms with E-state index in [-0.39, 0.29) is 12.0 Å². The van der Waals surface area contributed by atoms with Crippen LogP contribution in [0, 0.1) is 4.91 Å². The van der Waals surface area contributed by atoms with E-state index in [1.165, 1.54) is 0 Å². The fourth-order valence-corrected chi connectivity index (χ4v) is 3.98. The molecule has 9 heteroatoms. The molecule has 1 aliphatic rings. The molecule has 0 radical (unpaired) electrons. The minimum absolute atomic E-state index is 0.122. The lowest BCUT2D eigenvalue weighted by Gasteiger charge is -2.34. The molecule has 1 aliphatic heterocycles. The summed E-state index contributed by atoms with van der Waals surface area (Å²) in [5, 5.41) is 4.17. The molecule has 4 rings (SSSR count). The number of pyridine rings is 1. The Bertz CT molecular complexity index is 1190. The van der Waals surface area contributed by atoms with Crippen LogP contribution < -0.4 is 0 Å². The van der Waals surface area contributed by atoms with E-state index < -0.39 is 0 Å². The van der Waals surface area contributed by atoms with Crippen LogP contribution in [0.3, 0.4) is 0 Å². The predicted octanol–water partition coefficient (Wildman–Crippen LogP) is 5.26. The summed E-state index contributed by atoms with van der Waals surface area (Å²) < 4.78 is 5.17. The smallest absolute Gasteiger partial charge is 0.409 e. The lowest BCUT2D eigenvalue weighted by atomic mass is 10.1. The first-order valence-electron chi connectivity index (χ1n) is 10.7. The molecule has 0 spiro atoms. The van der Waals surface area contributed by atoms with Gasteiger partial charge in [0.15, 0.2) is 0 Å². The summed E-state index contributed by atoms with van der Waals surface area (Å²) in [6.45, 7) is 4.07. The number of rotatable bonds is 5. The van der Waals surface area contributed by atoms with Crippen LogP contribution in [-0.4, -0.2) is 59.6 Å². The minimum atomic E-state index is -0.335. The van der Waals surface area contributed by atoms with Crippen molar-refractivity contribution in [3.05, 3.63) is 64.0 Å². The number of benzene rings is 2. The zero-order valence-corrected chi connectivity index (χ0v) is 18.9. The fourth-order valence-electron chi connectivity index (χ4n) is 3.72. The Hall–Kier alpha value is -3.52. The summed E-state index contributed by atoms with van der Waals surface area (Å²) in [5.41, 5.74) is 2.86. The highest BCUT2D eigenvalue weighted by Gasteiger charge is 2.26. The third-order valence-corrected chi connectivity index (χ3v) is 5.84. The summed E-state index contributed by atoms with van der Waals surface area (Å²) in [5.74, 6) is -0.122. The van der Waals surface area contributed by atoms with Crippen LogP contribution in [0.25, 0.3) is 22.2 Å². The second-order valence-corrected chi connectivity index (χ2v) is 8.16. The average molecular weight is 467 g/mol. The quantitative estimate of drug-likeness (QED) is 0.478. The fraction of sp³-hybridized carbons (Fsp3) is 0.292. The Kier molecular flexibility index (Phi) is 6.84. The lowest BCUT2D eigenvalue weighted by Crippen LogP contribution is -2.50. The van der Waals surface area contributed by atoms with Crippen LogP contribution in [0.2, 0.25) is 5.02 Å². The molecular formula is C24H23ClN4O4. The number of amides is 2. The molecule has 1 fully saturated rings. The van der Waals surface area contributed by atoms with Gasteiger partial charge in [-0.25, -0.2) is 9.78 Å². The van der Waals surface area contributed by atoms with Crippen LogP contribution in [0.5, 0.6) is 0 Å². The molecule has 170 valence electrons. The van der Waals surface area contributed by atoms with E-state index in [1.54, 1.807) is 58.3 Å². The molecule has 0 atom stereocenters. The molecule has 0 saturated carbocycles. The third kappa shape index (κ3) is 4.96. The molecule has 1 saturated heterocycles. The topological polar surface area (TPSA) is 92.2 Å². The monoisotopic (exact) mass is 466 g/mol. The van der Waals surface area contributed by atoms with Gasteiger partial charge in [0.2, 0.25) is 0 Å². The zero-order chi connectivity index (χ0) is 23.4. The van der Waals surface area contributed by atoms with E-state index in [0.29, 0.717) is 60.3 Å². The van der Waals surface area contributed by atoms with Crippen LogP contribution in [-0.2, 0) is 4.74 Å². The van der Waals surface area contributed by atoms with Crippen molar-refractivity contribution in [2.24, 2.45) is 5.18 Å². The van der Waals surface area contributed by atoms with Gasteiger partial charge in [-0.05, 0) is 41.9 Å². The molecule has 0 bridgehead atoms. The summed E-state index contributed by atoms with van der Waals surface area (Å²) >= 11 is 6.48. The summed E-state index contributed by atoms with van der Waals surface area (Å²) in [7, 11) is 0. The SMILES string of the molecule is CCCOC(=O)N1CCN(C(=O)c2ccc3c(Cl)cc(-c4ccc(N=O)cc4)nc3c2)CC1. The highest BCUT2D eigenvalue weighted by atomic mass is 35.5. The van der Waals surface area contributed by atoms with Crippen molar-refractivity contribution < 1.29 is 14.3 Å². The highest BCUT2D eigenvalue weighted by molar-refractivity contribution is 6.35. The predicted molar refractivity (Wildman–Crippen MR) is 127 cm³/mol. The van der Waals surface area contributed by atoms with Gasteiger partial charge in [0.25, 0.3) is 5.91 Å². The lowest BCUT2D eigenvalue weighted by molar-refractivity contribution is 0.0560. The summed E-state index contributed by atoms with van der Waals surface area (Å²) in [6, 6.07) is 13.7. The number of piperazine rings is 1. The van der Waals surface area contributed by atoms with Crippen molar-refractivity contribution in [2.75, 3.05) is 32.8 Å². The number of aromatic nitrogens is 1. The number of ether oxygens (including phenoxy) is 1. The first-order valence-corrected chi connectivity index (χ1v) is 11.1. The van der Waals surface area contributed by atoms with Crippen LogP contribution >= 0.6 is 11.6 Å². The van der Waals surface area contributed by atoms with E-state index in [2.05, 4.69) is 10.2 Å². The molecule has 0 aliphatic carbocycles. The standard InChI is InChI=1S/C24H23ClN4O4/c1-2-13-33-24(31)29-11-9-28(10-12-29)23(30)17-5-8-19-20(25)15-21(26-22(19)14-17)16-3-6-18(27-32)7-4-16/h3-8,14-15H,2,9-13H2,1H3. The van der Waals surface area contributed by atoms with E-state index >= 15 is 0 Å². The summed E-state index contributed by atoms with van der Waals surface area (Å²) in [4.78, 5) is 43.8. The zero-order valence-electron chi connectivity index (χ0n) is 18.2. The van der Waals surface area contributed by atoms with Gasteiger partial charge < -0.3 is 14.5 Å². The molecule has 0 unspecified atom stereocenters. The molecule has 2 amide bonds. The minimum Gasteiger partial charge on any atom is -0.449 e. The highest BCUT2D eigenvalue weighted by Crippen LogP contribution is 2.30. The third-order valence-electron chi connectivity index (χ3n) is 5.53. The molecular weight excluding hydrogens is 444 g/mol. The summed E-state index contributed by atoms with van der Waals surface area (Å²) in [6.07, 6.45) is 0.436. The number of carbonyl (C=O) groups excluding carboxylic acids is 2.